The van der Waals surface area contributed by atoms with Gasteiger partial charge in [0.15, 0.2) is 0 Å². The fourth-order valence-corrected chi connectivity index (χ4v) is 2.04. The van der Waals surface area contributed by atoms with Crippen molar-refractivity contribution in [2.75, 3.05) is 14.2 Å². The zero-order chi connectivity index (χ0) is 15.1. The molecule has 0 aliphatic heterocycles. The summed E-state index contributed by atoms with van der Waals surface area (Å²) >= 11 is 0. The Morgan fingerprint density at radius 1 is 1.19 bits per heavy atom. The zero-order valence-electron chi connectivity index (χ0n) is 12.2. The van der Waals surface area contributed by atoms with E-state index in [1.54, 1.807) is 13.2 Å². The van der Waals surface area contributed by atoms with Crippen LogP contribution >= 0.6 is 0 Å². The molecular weight excluding hydrogens is 264 g/mol. The smallest absolute Gasteiger partial charge is 0.124 e. The number of nitrogens with zero attached hydrogens (tertiary/aromatic N) is 1. The second-order valence-electron chi connectivity index (χ2n) is 4.60. The maximum atomic E-state index is 8.91. The normalized spacial score (nSPS) is 9.95. The highest BCUT2D eigenvalue weighted by Crippen LogP contribution is 2.25. The molecule has 21 heavy (non-hydrogen) atoms. The number of hydrogen-bond donors (Lipinski definition) is 1. The molecule has 2 rings (SSSR count). The number of nitriles is 1. The summed E-state index contributed by atoms with van der Waals surface area (Å²) in [7, 11) is 3.53. The van der Waals surface area contributed by atoms with Crippen LogP contribution < -0.4 is 14.8 Å². The van der Waals surface area contributed by atoms with Crippen LogP contribution in [-0.4, -0.2) is 14.2 Å². The van der Waals surface area contributed by atoms with Gasteiger partial charge in [0.2, 0.25) is 0 Å². The summed E-state index contributed by atoms with van der Waals surface area (Å²) in [6.07, 6.45) is 0. The van der Waals surface area contributed by atoms with Gasteiger partial charge in [0.25, 0.3) is 0 Å². The van der Waals surface area contributed by atoms with Crippen LogP contribution in [0.3, 0.4) is 0 Å². The van der Waals surface area contributed by atoms with Crippen LogP contribution in [0.1, 0.15) is 16.7 Å². The van der Waals surface area contributed by atoms with Crippen molar-refractivity contribution < 1.29 is 9.47 Å². The standard InChI is InChI=1S/C17H18N2O2/c1-19-11-15-9-16(20-2)6-7-17(15)21-12-14-5-3-4-13(8-14)10-18/h3-9,19H,11-12H2,1-2H3. The molecule has 1 N–H and O–H groups in total. The lowest BCUT2D eigenvalue weighted by molar-refractivity contribution is 0.301. The lowest BCUT2D eigenvalue weighted by Crippen LogP contribution is -2.08. The highest BCUT2D eigenvalue weighted by Gasteiger charge is 2.06. The molecule has 0 aliphatic rings. The fourth-order valence-electron chi connectivity index (χ4n) is 2.04. The summed E-state index contributed by atoms with van der Waals surface area (Å²) in [5, 5.41) is 12.0. The van der Waals surface area contributed by atoms with Crippen LogP contribution in [-0.2, 0) is 13.2 Å². The van der Waals surface area contributed by atoms with Crippen molar-refractivity contribution in [3.63, 3.8) is 0 Å². The van der Waals surface area contributed by atoms with Crippen LogP contribution in [0.25, 0.3) is 0 Å². The van der Waals surface area contributed by atoms with Gasteiger partial charge in [-0.15, -0.1) is 0 Å². The SMILES string of the molecule is CNCc1cc(OC)ccc1OCc1cccc(C#N)c1. The van der Waals surface area contributed by atoms with E-state index in [1.807, 2.05) is 43.4 Å². The van der Waals surface area contributed by atoms with E-state index >= 15 is 0 Å². The molecule has 2 aromatic rings. The first kappa shape index (κ1) is 14.9. The van der Waals surface area contributed by atoms with Crippen molar-refractivity contribution in [2.24, 2.45) is 0 Å². The number of benzene rings is 2. The molecule has 0 bridgehead atoms. The number of hydrogen-bond acceptors (Lipinski definition) is 4. The Bertz CT molecular complexity index is 647. The van der Waals surface area contributed by atoms with Gasteiger partial charge in [0.1, 0.15) is 18.1 Å². The maximum absolute atomic E-state index is 8.91. The fraction of sp³-hybridized carbons (Fsp3) is 0.235. The minimum absolute atomic E-state index is 0.429. The van der Waals surface area contributed by atoms with Gasteiger partial charge in [-0.3, -0.25) is 0 Å². The molecule has 0 aromatic heterocycles. The molecule has 0 radical (unpaired) electrons. The highest BCUT2D eigenvalue weighted by molar-refractivity contribution is 5.40. The minimum atomic E-state index is 0.429. The molecule has 0 fully saturated rings. The summed E-state index contributed by atoms with van der Waals surface area (Å²) < 4.78 is 11.1. The van der Waals surface area contributed by atoms with Gasteiger partial charge in [0.05, 0.1) is 18.7 Å². The summed E-state index contributed by atoms with van der Waals surface area (Å²) in [5.74, 6) is 1.62. The number of ether oxygens (including phenoxy) is 2. The average Bonchev–Trinajstić information content (AvgIpc) is 2.54. The van der Waals surface area contributed by atoms with Crippen molar-refractivity contribution in [3.05, 3.63) is 59.2 Å². The molecule has 2 aromatic carbocycles. The second kappa shape index (κ2) is 7.32. The van der Waals surface area contributed by atoms with Crippen molar-refractivity contribution in [1.82, 2.24) is 5.32 Å². The monoisotopic (exact) mass is 282 g/mol. The molecule has 4 heteroatoms. The van der Waals surface area contributed by atoms with E-state index in [9.17, 15) is 0 Å². The maximum Gasteiger partial charge on any atom is 0.124 e. The van der Waals surface area contributed by atoms with Gasteiger partial charge < -0.3 is 14.8 Å². The van der Waals surface area contributed by atoms with Crippen LogP contribution in [0, 0.1) is 11.3 Å². The van der Waals surface area contributed by atoms with Gasteiger partial charge in [-0.1, -0.05) is 12.1 Å². The first-order valence-corrected chi connectivity index (χ1v) is 6.70. The lowest BCUT2D eigenvalue weighted by Gasteiger charge is -2.13. The Morgan fingerprint density at radius 2 is 2.05 bits per heavy atom. The van der Waals surface area contributed by atoms with E-state index in [0.717, 1.165) is 22.6 Å². The Balaban J connectivity index is 2.13. The first-order valence-electron chi connectivity index (χ1n) is 6.70. The molecule has 0 saturated carbocycles. The predicted molar refractivity (Wildman–Crippen MR) is 81.2 cm³/mol. The highest BCUT2D eigenvalue weighted by atomic mass is 16.5. The molecule has 108 valence electrons. The van der Waals surface area contributed by atoms with Crippen molar-refractivity contribution >= 4 is 0 Å². The average molecular weight is 282 g/mol. The Hall–Kier alpha value is -2.51. The van der Waals surface area contributed by atoms with E-state index in [-0.39, 0.29) is 0 Å². The minimum Gasteiger partial charge on any atom is -0.497 e. The van der Waals surface area contributed by atoms with Crippen molar-refractivity contribution in [2.45, 2.75) is 13.2 Å². The van der Waals surface area contributed by atoms with Crippen LogP contribution in [0.15, 0.2) is 42.5 Å². The van der Waals surface area contributed by atoms with Gasteiger partial charge in [-0.05, 0) is 42.9 Å². The summed E-state index contributed by atoms with van der Waals surface area (Å²) in [4.78, 5) is 0. The molecule has 0 unspecified atom stereocenters. The van der Waals surface area contributed by atoms with Gasteiger partial charge in [-0.2, -0.15) is 5.26 Å². The third-order valence-electron chi connectivity index (χ3n) is 3.09. The first-order chi connectivity index (χ1) is 10.3. The largest absolute Gasteiger partial charge is 0.497 e. The molecule has 4 nitrogen and oxygen atoms in total. The molecule has 0 aliphatic carbocycles. The van der Waals surface area contributed by atoms with Crippen LogP contribution in [0.4, 0.5) is 0 Å². The van der Waals surface area contributed by atoms with E-state index in [1.165, 1.54) is 0 Å². The molecule has 0 amide bonds. The Labute approximate surface area is 124 Å². The van der Waals surface area contributed by atoms with Crippen molar-refractivity contribution in [1.29, 1.82) is 5.26 Å². The number of rotatable bonds is 6. The van der Waals surface area contributed by atoms with Crippen LogP contribution in [0.2, 0.25) is 0 Å². The van der Waals surface area contributed by atoms with E-state index < -0.39 is 0 Å². The molecule has 0 heterocycles. The summed E-state index contributed by atoms with van der Waals surface area (Å²) in [6, 6.07) is 15.3. The van der Waals surface area contributed by atoms with E-state index in [4.69, 9.17) is 14.7 Å². The number of nitrogens with one attached hydrogen (secondary N) is 1. The van der Waals surface area contributed by atoms with Gasteiger partial charge in [0, 0.05) is 12.1 Å². The van der Waals surface area contributed by atoms with Gasteiger partial charge in [-0.25, -0.2) is 0 Å². The third-order valence-corrected chi connectivity index (χ3v) is 3.09. The Kier molecular flexibility index (Phi) is 5.19. The predicted octanol–water partition coefficient (Wildman–Crippen LogP) is 2.87. The van der Waals surface area contributed by atoms with E-state index in [0.29, 0.717) is 18.7 Å². The van der Waals surface area contributed by atoms with E-state index in [2.05, 4.69) is 11.4 Å². The van der Waals surface area contributed by atoms with Gasteiger partial charge >= 0.3 is 0 Å². The number of methoxy groups -OCH3 is 1. The summed E-state index contributed by atoms with van der Waals surface area (Å²) in [6.45, 7) is 1.13. The quantitative estimate of drug-likeness (QED) is 0.885. The zero-order valence-corrected chi connectivity index (χ0v) is 12.2. The molecular formula is C17H18N2O2. The second-order valence-corrected chi connectivity index (χ2v) is 4.60. The molecule has 0 spiro atoms. The van der Waals surface area contributed by atoms with Crippen molar-refractivity contribution in [3.8, 4) is 17.6 Å². The Morgan fingerprint density at radius 3 is 2.76 bits per heavy atom. The molecule has 0 saturated heterocycles. The lowest BCUT2D eigenvalue weighted by atomic mass is 10.1. The molecule has 0 atom stereocenters. The summed E-state index contributed by atoms with van der Waals surface area (Å²) in [5.41, 5.74) is 2.65. The topological polar surface area (TPSA) is 54.3 Å². The van der Waals surface area contributed by atoms with Crippen LogP contribution in [0.5, 0.6) is 11.5 Å². The third kappa shape index (κ3) is 3.98.